The molecule has 0 atom stereocenters. The Balaban J connectivity index is 3.94. The summed E-state index contributed by atoms with van der Waals surface area (Å²) in [5.74, 6) is 0. The van der Waals surface area contributed by atoms with Gasteiger partial charge < -0.3 is 0 Å². The van der Waals surface area contributed by atoms with E-state index < -0.39 is 16.3 Å². The van der Waals surface area contributed by atoms with Crippen LogP contribution in [0, 0.1) is 0 Å². The molecule has 0 unspecified atom stereocenters. The molecule has 0 aliphatic rings. The highest BCUT2D eigenvalue weighted by Crippen LogP contribution is 1.51. The zero-order valence-corrected chi connectivity index (χ0v) is 3.88. The Kier molecular flexibility index (Phi) is 0.836. The Bertz CT molecular complexity index is 286. The lowest BCUT2D eigenvalue weighted by Gasteiger charge is -1.48. The fourth-order valence-corrected chi connectivity index (χ4v) is 0.424. The molecule has 0 saturated heterocycles. The van der Waals surface area contributed by atoms with Crippen molar-refractivity contribution in [3.63, 3.8) is 0 Å². The van der Waals surface area contributed by atoms with E-state index in [1.54, 1.807) is 0 Å². The first-order valence-corrected chi connectivity index (χ1v) is 2.02. The topological polar surface area (TPSA) is 51.2 Å². The first kappa shape index (κ1) is 4.90. The lowest BCUT2D eigenvalue weighted by molar-refractivity contribution is 1.54. The van der Waals surface area contributed by atoms with E-state index >= 15 is 0 Å². The Labute approximate surface area is 43.9 Å². The van der Waals surface area contributed by atoms with Crippen LogP contribution >= 0.6 is 0 Å². The molecule has 40 valence electrons. The minimum Gasteiger partial charge on any atom is -0.285 e. The van der Waals surface area contributed by atoms with Gasteiger partial charge in [-0.05, 0) is 12.1 Å². The second-order valence-electron chi connectivity index (χ2n) is 1.39. The summed E-state index contributed by atoms with van der Waals surface area (Å²) >= 11 is 0. The Morgan fingerprint density at radius 3 is 1.38 bits per heavy atom. The van der Waals surface area contributed by atoms with Gasteiger partial charge in [-0.1, -0.05) is 0 Å². The van der Waals surface area contributed by atoms with E-state index in [1.807, 2.05) is 0 Å². The first-order chi connectivity index (χ1) is 3.72. The van der Waals surface area contributed by atoms with Crippen LogP contribution in [0.4, 0.5) is 0 Å². The highest BCUT2D eigenvalue weighted by Gasteiger charge is 1.96. The van der Waals surface area contributed by atoms with Gasteiger partial charge >= 0.3 is 0 Å². The van der Waals surface area contributed by atoms with Gasteiger partial charge in [-0.2, -0.15) is 0 Å². The van der Waals surface area contributed by atoms with E-state index in [2.05, 4.69) is 0 Å². The predicted molar refractivity (Wildman–Crippen MR) is 27.6 cm³/mol. The third-order valence-electron chi connectivity index (χ3n) is 0.834. The van der Waals surface area contributed by atoms with Crippen molar-refractivity contribution in [1.29, 1.82) is 0 Å². The van der Waals surface area contributed by atoms with E-state index in [0.717, 1.165) is 12.1 Å². The lowest BCUT2D eigenvalue weighted by Crippen LogP contribution is -2.28. The van der Waals surface area contributed by atoms with Crippen LogP contribution in [0.3, 0.4) is 0 Å². The summed E-state index contributed by atoms with van der Waals surface area (Å²) in [5.41, 5.74) is -2.35. The van der Waals surface area contributed by atoms with E-state index in [9.17, 15) is 14.4 Å². The summed E-state index contributed by atoms with van der Waals surface area (Å²) in [6.07, 6.45) is 0. The zero-order valence-electron chi connectivity index (χ0n) is 3.88. The minimum absolute atomic E-state index is 0.713. The van der Waals surface area contributed by atoms with Crippen LogP contribution in [0.1, 0.15) is 0 Å². The molecule has 0 bridgehead atoms. The van der Waals surface area contributed by atoms with Crippen molar-refractivity contribution in [2.24, 2.45) is 0 Å². The monoisotopic (exact) mass is 110 g/mol. The van der Waals surface area contributed by atoms with Crippen LogP contribution in [-0.4, -0.2) is 0 Å². The van der Waals surface area contributed by atoms with Crippen molar-refractivity contribution in [3.05, 3.63) is 42.8 Å². The summed E-state index contributed by atoms with van der Waals surface area (Å²) in [4.78, 5) is 30.4. The molecule has 0 radical (unpaired) electrons. The normalized spacial score (nSPS) is 9.50. The average molecular weight is 110 g/mol. The van der Waals surface area contributed by atoms with Gasteiger partial charge in [-0.15, -0.1) is 0 Å². The quantitative estimate of drug-likeness (QED) is 0.388. The maximum atomic E-state index is 10.1. The molecule has 1 aromatic carbocycles. The van der Waals surface area contributed by atoms with Crippen molar-refractivity contribution >= 4 is 0 Å². The maximum absolute atomic E-state index is 10.1. The molecule has 0 heterocycles. The van der Waals surface area contributed by atoms with Gasteiger partial charge in [0.2, 0.25) is 10.9 Å². The molecule has 3 heteroatoms. The second kappa shape index (κ2) is 1.36. The van der Waals surface area contributed by atoms with Crippen LogP contribution in [0.15, 0.2) is 26.5 Å². The highest BCUT2D eigenvalue weighted by molar-refractivity contribution is 5.02. The molecule has 0 N–H and O–H groups in total. The third kappa shape index (κ3) is 0.484. The van der Waals surface area contributed by atoms with Gasteiger partial charge in [0, 0.05) is 0 Å². The largest absolute Gasteiger partial charge is 0.285 e. The van der Waals surface area contributed by atoms with Gasteiger partial charge in [0.1, 0.15) is 0 Å². The van der Waals surface area contributed by atoms with Crippen LogP contribution in [0.25, 0.3) is 0 Å². The molecule has 0 saturated carbocycles. The van der Waals surface area contributed by atoms with Crippen LogP contribution < -0.4 is 16.3 Å². The van der Waals surface area contributed by atoms with E-state index in [-0.39, 0.29) is 0 Å². The second-order valence-corrected chi connectivity index (χ2v) is 1.39. The fraction of sp³-hybridized carbons (Fsp3) is 0. The highest BCUT2D eigenvalue weighted by atomic mass is 16.2. The summed E-state index contributed by atoms with van der Waals surface area (Å²) in [6, 6.07) is 1.95. The van der Waals surface area contributed by atoms with Gasteiger partial charge in [-0.25, -0.2) is 0 Å². The van der Waals surface area contributed by atoms with Gasteiger partial charge in [0.05, 0.1) is 0 Å². The predicted octanol–water partition coefficient (Wildman–Crippen LogP) is -1.36. The van der Waals surface area contributed by atoms with Crippen molar-refractivity contribution in [3.8, 4) is 0 Å². The molecule has 1 aromatic rings. The average Bonchev–Trinajstić information content (AvgIpc) is 1.98. The Morgan fingerprint density at radius 2 is 1.25 bits per heavy atom. The smallest absolute Gasteiger partial charge is 0.272 e. The van der Waals surface area contributed by atoms with Crippen LogP contribution in [-0.2, 0) is 0 Å². The molecule has 0 aromatic heterocycles. The van der Waals surface area contributed by atoms with E-state index in [1.165, 1.54) is 0 Å². The van der Waals surface area contributed by atoms with Crippen LogP contribution in [0.2, 0.25) is 0 Å². The van der Waals surface area contributed by atoms with Crippen LogP contribution in [0.5, 0.6) is 0 Å². The Morgan fingerprint density at radius 1 is 0.875 bits per heavy atom. The Hall–Kier alpha value is -1.25. The maximum Gasteiger partial charge on any atom is 0.272 e. The van der Waals surface area contributed by atoms with Crippen molar-refractivity contribution in [2.45, 2.75) is 0 Å². The fourth-order valence-electron chi connectivity index (χ4n) is 0.424. The SMILES string of the molecule is O=c1ccc(=O)c1=O. The molecular formula is C5H2O3. The molecule has 0 aliphatic heterocycles. The molecule has 0 aliphatic carbocycles. The molecular weight excluding hydrogens is 108 g/mol. The summed E-state index contributed by atoms with van der Waals surface area (Å²) in [7, 11) is 0. The molecule has 0 fully saturated rings. The summed E-state index contributed by atoms with van der Waals surface area (Å²) in [6.45, 7) is 0. The van der Waals surface area contributed by atoms with E-state index in [0.29, 0.717) is 0 Å². The first-order valence-electron chi connectivity index (χ1n) is 2.02. The number of rotatable bonds is 0. The summed E-state index contributed by atoms with van der Waals surface area (Å²) in [5, 5.41) is 0. The molecule has 0 amide bonds. The van der Waals surface area contributed by atoms with Gasteiger partial charge in [0.15, 0.2) is 0 Å². The van der Waals surface area contributed by atoms with E-state index in [4.69, 9.17) is 0 Å². The number of hydrogen-bond acceptors (Lipinski definition) is 3. The van der Waals surface area contributed by atoms with Crippen molar-refractivity contribution in [2.75, 3.05) is 0 Å². The van der Waals surface area contributed by atoms with Gasteiger partial charge in [-0.3, -0.25) is 14.4 Å². The molecule has 1 rings (SSSR count). The minimum atomic E-state index is -0.926. The van der Waals surface area contributed by atoms with Crippen molar-refractivity contribution in [1.82, 2.24) is 0 Å². The third-order valence-corrected chi connectivity index (χ3v) is 0.834. The molecule has 8 heavy (non-hydrogen) atoms. The number of hydrogen-bond donors (Lipinski definition) is 0. The molecule has 0 spiro atoms. The van der Waals surface area contributed by atoms with Gasteiger partial charge in [0.25, 0.3) is 5.43 Å². The molecule has 3 nitrogen and oxygen atoms in total. The lowest BCUT2D eigenvalue weighted by atomic mass is 10.6. The summed E-state index contributed by atoms with van der Waals surface area (Å²) < 4.78 is 0. The van der Waals surface area contributed by atoms with Crippen molar-refractivity contribution < 1.29 is 0 Å². The zero-order chi connectivity index (χ0) is 6.15. The standard InChI is InChI=1S/C5H2O3/c6-3-1-2-4(7)5(3)8/h1-2H.